The van der Waals surface area contributed by atoms with Crippen LogP contribution in [0.5, 0.6) is 0 Å². The summed E-state index contributed by atoms with van der Waals surface area (Å²) in [6, 6.07) is 9.85. The molecule has 0 amide bonds. The van der Waals surface area contributed by atoms with E-state index < -0.39 is 5.97 Å². The van der Waals surface area contributed by atoms with E-state index in [4.69, 9.17) is 0 Å². The first-order valence-corrected chi connectivity index (χ1v) is 7.19. The highest BCUT2D eigenvalue weighted by Gasteiger charge is 2.10. The summed E-state index contributed by atoms with van der Waals surface area (Å²) in [5.74, 6) is 4.69. The van der Waals surface area contributed by atoms with E-state index in [0.717, 1.165) is 11.1 Å². The van der Waals surface area contributed by atoms with Crippen molar-refractivity contribution < 1.29 is 9.90 Å². The van der Waals surface area contributed by atoms with Gasteiger partial charge in [-0.3, -0.25) is 0 Å². The van der Waals surface area contributed by atoms with Gasteiger partial charge in [-0.1, -0.05) is 54.8 Å². The molecule has 0 radical (unpaired) electrons. The number of carboxylic acid groups (broad SMARTS) is 1. The number of nitroso groups, excluding NO2 is 1. The molecule has 0 aliphatic heterocycles. The van der Waals surface area contributed by atoms with Crippen molar-refractivity contribution in [3.8, 4) is 11.8 Å². The van der Waals surface area contributed by atoms with E-state index in [9.17, 15) is 14.8 Å². The zero-order chi connectivity index (χ0) is 17.5. The fourth-order valence-electron chi connectivity index (χ4n) is 2.21. The molecule has 0 heterocycles. The number of rotatable bonds is 4. The molecular weight excluding hydrogens is 302 g/mol. The number of carboxylic acids is 1. The van der Waals surface area contributed by atoms with Gasteiger partial charge in [0.2, 0.25) is 0 Å². The van der Waals surface area contributed by atoms with Crippen LogP contribution in [0.3, 0.4) is 0 Å². The molecule has 2 aromatic carbocycles. The molecule has 0 spiro atoms. The maximum Gasteiger partial charge on any atom is 0.336 e. The lowest BCUT2D eigenvalue weighted by molar-refractivity contribution is 0.0696. The molecule has 0 unspecified atom stereocenters. The molecular formula is C20H15NO3. The summed E-state index contributed by atoms with van der Waals surface area (Å²) < 4.78 is 0. The van der Waals surface area contributed by atoms with E-state index in [1.54, 1.807) is 48.6 Å². The molecule has 0 saturated heterocycles. The first-order valence-electron chi connectivity index (χ1n) is 7.19. The van der Waals surface area contributed by atoms with Crippen molar-refractivity contribution in [2.75, 3.05) is 0 Å². The second-order valence-electron chi connectivity index (χ2n) is 4.98. The van der Waals surface area contributed by atoms with Crippen LogP contribution in [0.15, 0.2) is 60.3 Å². The van der Waals surface area contributed by atoms with Crippen molar-refractivity contribution in [1.29, 1.82) is 0 Å². The number of aromatic carboxylic acids is 1. The number of nitrogens with zero attached hydrogens (tertiary/aromatic N) is 1. The highest BCUT2D eigenvalue weighted by atomic mass is 16.4. The van der Waals surface area contributed by atoms with Crippen molar-refractivity contribution in [3.05, 3.63) is 87.9 Å². The Labute approximate surface area is 140 Å². The summed E-state index contributed by atoms with van der Waals surface area (Å²) in [6.45, 7) is 5.53. The number of hydrogen-bond acceptors (Lipinski definition) is 3. The van der Waals surface area contributed by atoms with Crippen LogP contribution in [-0.4, -0.2) is 11.1 Å². The van der Waals surface area contributed by atoms with Gasteiger partial charge in [0, 0.05) is 5.56 Å². The SMILES string of the molecule is C=C/C=C\c1c(C)ccc(N=O)c1C#Cc1ccccc1C(=O)O. The molecule has 1 N–H and O–H groups in total. The fraction of sp³-hybridized carbons (Fsp3) is 0.0500. The van der Waals surface area contributed by atoms with Gasteiger partial charge in [0.15, 0.2) is 0 Å². The molecule has 2 aromatic rings. The van der Waals surface area contributed by atoms with Gasteiger partial charge in [0.1, 0.15) is 5.69 Å². The fourth-order valence-corrected chi connectivity index (χ4v) is 2.21. The molecule has 0 aliphatic carbocycles. The van der Waals surface area contributed by atoms with Gasteiger partial charge in [0.05, 0.1) is 11.1 Å². The summed E-state index contributed by atoms with van der Waals surface area (Å²) in [5, 5.41) is 12.2. The molecule has 0 fully saturated rings. The summed E-state index contributed by atoms with van der Waals surface area (Å²) in [5.41, 5.74) is 2.85. The molecule has 2 rings (SSSR count). The van der Waals surface area contributed by atoms with Gasteiger partial charge >= 0.3 is 5.97 Å². The molecule has 24 heavy (non-hydrogen) atoms. The zero-order valence-electron chi connectivity index (χ0n) is 13.1. The van der Waals surface area contributed by atoms with Gasteiger partial charge in [-0.05, 0) is 41.4 Å². The smallest absolute Gasteiger partial charge is 0.336 e. The molecule has 0 aromatic heterocycles. The lowest BCUT2D eigenvalue weighted by atomic mass is 9.99. The lowest BCUT2D eigenvalue weighted by Gasteiger charge is -2.06. The van der Waals surface area contributed by atoms with Crippen LogP contribution < -0.4 is 0 Å². The molecule has 0 atom stereocenters. The van der Waals surface area contributed by atoms with Crippen LogP contribution in [0.4, 0.5) is 5.69 Å². The third-order valence-electron chi connectivity index (χ3n) is 3.42. The number of hydrogen-bond donors (Lipinski definition) is 1. The van der Waals surface area contributed by atoms with Crippen molar-refractivity contribution >= 4 is 17.7 Å². The van der Waals surface area contributed by atoms with Crippen LogP contribution >= 0.6 is 0 Å². The quantitative estimate of drug-likeness (QED) is 0.505. The topological polar surface area (TPSA) is 66.7 Å². The molecule has 4 heteroatoms. The van der Waals surface area contributed by atoms with Gasteiger partial charge < -0.3 is 5.11 Å². The Morgan fingerprint density at radius 3 is 2.62 bits per heavy atom. The van der Waals surface area contributed by atoms with Crippen LogP contribution in [0, 0.1) is 23.7 Å². The Hall–Kier alpha value is -3.45. The number of benzene rings is 2. The number of allylic oxidation sites excluding steroid dienone is 2. The minimum absolute atomic E-state index is 0.112. The summed E-state index contributed by atoms with van der Waals surface area (Å²) in [6.07, 6.45) is 5.16. The van der Waals surface area contributed by atoms with E-state index >= 15 is 0 Å². The summed E-state index contributed by atoms with van der Waals surface area (Å²) in [7, 11) is 0. The maximum absolute atomic E-state index is 11.3. The maximum atomic E-state index is 11.3. The van der Waals surface area contributed by atoms with Crippen molar-refractivity contribution in [2.24, 2.45) is 5.18 Å². The van der Waals surface area contributed by atoms with Gasteiger partial charge in [-0.15, -0.1) is 4.91 Å². The third-order valence-corrected chi connectivity index (χ3v) is 3.42. The molecule has 4 nitrogen and oxygen atoms in total. The van der Waals surface area contributed by atoms with E-state index in [-0.39, 0.29) is 11.3 Å². The normalized spacial score (nSPS) is 10.0. The van der Waals surface area contributed by atoms with Gasteiger partial charge in [-0.25, -0.2) is 4.79 Å². The van der Waals surface area contributed by atoms with Crippen molar-refractivity contribution in [2.45, 2.75) is 6.92 Å². The minimum Gasteiger partial charge on any atom is -0.478 e. The Kier molecular flexibility index (Phi) is 5.43. The molecule has 118 valence electrons. The Morgan fingerprint density at radius 2 is 1.96 bits per heavy atom. The minimum atomic E-state index is -1.05. The second kappa shape index (κ2) is 7.70. The predicted molar refractivity (Wildman–Crippen MR) is 95.2 cm³/mol. The summed E-state index contributed by atoms with van der Waals surface area (Å²) >= 11 is 0. The van der Waals surface area contributed by atoms with Crippen LogP contribution in [0.25, 0.3) is 6.08 Å². The Bertz CT molecular complexity index is 899. The first kappa shape index (κ1) is 16.9. The lowest BCUT2D eigenvalue weighted by Crippen LogP contribution is -1.99. The average Bonchev–Trinajstić information content (AvgIpc) is 2.59. The highest BCUT2D eigenvalue weighted by molar-refractivity contribution is 5.90. The van der Waals surface area contributed by atoms with E-state index in [1.807, 2.05) is 6.92 Å². The van der Waals surface area contributed by atoms with Crippen molar-refractivity contribution in [3.63, 3.8) is 0 Å². The highest BCUT2D eigenvalue weighted by Crippen LogP contribution is 2.26. The molecule has 0 saturated carbocycles. The summed E-state index contributed by atoms with van der Waals surface area (Å²) in [4.78, 5) is 22.4. The molecule has 0 aliphatic rings. The Balaban J connectivity index is 2.65. The third kappa shape index (κ3) is 3.65. The standard InChI is InChI=1S/C20H15NO3/c1-3-4-8-16-14(2)10-13-19(21-24)18(16)12-11-15-7-5-6-9-17(15)20(22)23/h3-10,13H,1H2,2H3,(H,22,23)/b8-4-. The van der Waals surface area contributed by atoms with Crippen molar-refractivity contribution in [1.82, 2.24) is 0 Å². The van der Waals surface area contributed by atoms with Gasteiger partial charge in [0.25, 0.3) is 0 Å². The second-order valence-corrected chi connectivity index (χ2v) is 4.98. The Morgan fingerprint density at radius 1 is 1.21 bits per heavy atom. The van der Waals surface area contributed by atoms with Crippen LogP contribution in [-0.2, 0) is 0 Å². The van der Waals surface area contributed by atoms with E-state index in [2.05, 4.69) is 23.6 Å². The predicted octanol–water partition coefficient (Wildman–Crippen LogP) is 4.69. The van der Waals surface area contributed by atoms with Crippen LogP contribution in [0.1, 0.15) is 32.6 Å². The number of carbonyl (C=O) groups is 1. The van der Waals surface area contributed by atoms with Gasteiger partial charge in [-0.2, -0.15) is 0 Å². The number of aryl methyl sites for hydroxylation is 1. The van der Waals surface area contributed by atoms with E-state index in [1.165, 1.54) is 6.07 Å². The first-order chi connectivity index (χ1) is 11.6. The average molecular weight is 317 g/mol. The monoisotopic (exact) mass is 317 g/mol. The van der Waals surface area contributed by atoms with E-state index in [0.29, 0.717) is 11.1 Å². The largest absolute Gasteiger partial charge is 0.478 e. The zero-order valence-corrected chi connectivity index (χ0v) is 13.1. The molecule has 0 bridgehead atoms. The van der Waals surface area contributed by atoms with Crippen LogP contribution in [0.2, 0.25) is 0 Å².